The van der Waals surface area contributed by atoms with Gasteiger partial charge in [-0.05, 0) is 19.1 Å². The van der Waals surface area contributed by atoms with E-state index in [1.807, 2.05) is 31.2 Å². The van der Waals surface area contributed by atoms with E-state index in [0.717, 1.165) is 16.9 Å². The number of rotatable bonds is 3. The van der Waals surface area contributed by atoms with Crippen LogP contribution in [-0.2, 0) is 6.54 Å². The van der Waals surface area contributed by atoms with Crippen LogP contribution >= 0.6 is 0 Å². The van der Waals surface area contributed by atoms with Crippen LogP contribution in [0.15, 0.2) is 39.3 Å². The molecule has 0 unspecified atom stereocenters. The largest absolute Gasteiger partial charge is 0.444 e. The molecule has 1 aromatic carbocycles. The van der Waals surface area contributed by atoms with Crippen molar-refractivity contribution in [2.45, 2.75) is 13.5 Å². The number of para-hydroxylation sites is 2. The Hall–Kier alpha value is -2.30. The number of hydrogen-bond acceptors (Lipinski definition) is 5. The predicted molar refractivity (Wildman–Crippen MR) is 62.6 cm³/mol. The highest BCUT2D eigenvalue weighted by atomic mass is 16.4. The van der Waals surface area contributed by atoms with Crippen molar-refractivity contribution in [3.63, 3.8) is 0 Å². The van der Waals surface area contributed by atoms with Gasteiger partial charge in [-0.2, -0.15) is 4.98 Å². The zero-order valence-electron chi connectivity index (χ0n) is 9.30. The van der Waals surface area contributed by atoms with Gasteiger partial charge in [0.1, 0.15) is 11.3 Å². The van der Waals surface area contributed by atoms with Gasteiger partial charge in [0.25, 0.3) is 6.01 Å². The molecule has 2 aromatic heterocycles. The molecule has 0 fully saturated rings. The number of nitrogens with zero attached hydrogens (tertiary/aromatic N) is 2. The van der Waals surface area contributed by atoms with Gasteiger partial charge in [0.2, 0.25) is 5.89 Å². The molecule has 0 bridgehead atoms. The highest BCUT2D eigenvalue weighted by molar-refractivity contribution is 5.74. The second-order valence-electron chi connectivity index (χ2n) is 3.70. The van der Waals surface area contributed by atoms with E-state index in [0.29, 0.717) is 18.5 Å². The summed E-state index contributed by atoms with van der Waals surface area (Å²) in [5.41, 5.74) is 1.59. The molecule has 1 N–H and O–H groups in total. The van der Waals surface area contributed by atoms with Crippen molar-refractivity contribution < 1.29 is 8.83 Å². The van der Waals surface area contributed by atoms with Gasteiger partial charge in [0.15, 0.2) is 5.58 Å². The summed E-state index contributed by atoms with van der Waals surface area (Å²) in [6, 6.07) is 8.09. The smallest absolute Gasteiger partial charge is 0.296 e. The second kappa shape index (κ2) is 3.93. The summed E-state index contributed by atoms with van der Waals surface area (Å²) >= 11 is 0. The Morgan fingerprint density at radius 1 is 1.24 bits per heavy atom. The van der Waals surface area contributed by atoms with Crippen LogP contribution < -0.4 is 5.32 Å². The maximum atomic E-state index is 5.50. The number of anilines is 1. The van der Waals surface area contributed by atoms with E-state index >= 15 is 0 Å². The molecule has 86 valence electrons. The summed E-state index contributed by atoms with van der Waals surface area (Å²) in [6.45, 7) is 2.32. The van der Waals surface area contributed by atoms with Gasteiger partial charge >= 0.3 is 0 Å². The monoisotopic (exact) mass is 229 g/mol. The molecular formula is C12H11N3O2. The lowest BCUT2D eigenvalue weighted by atomic mass is 10.3. The van der Waals surface area contributed by atoms with Crippen LogP contribution in [0.1, 0.15) is 11.7 Å². The van der Waals surface area contributed by atoms with E-state index in [2.05, 4.69) is 15.3 Å². The molecule has 2 heterocycles. The van der Waals surface area contributed by atoms with E-state index in [-0.39, 0.29) is 0 Å². The van der Waals surface area contributed by atoms with Gasteiger partial charge in [-0.15, -0.1) is 0 Å². The van der Waals surface area contributed by atoms with Crippen LogP contribution in [0.2, 0.25) is 0 Å². The highest BCUT2D eigenvalue weighted by Crippen LogP contribution is 2.18. The summed E-state index contributed by atoms with van der Waals surface area (Å²) in [4.78, 5) is 8.37. The first-order valence-corrected chi connectivity index (χ1v) is 5.32. The summed E-state index contributed by atoms with van der Waals surface area (Å²) in [5, 5.41) is 3.03. The van der Waals surface area contributed by atoms with Crippen molar-refractivity contribution in [2.75, 3.05) is 5.32 Å². The topological polar surface area (TPSA) is 64.1 Å². The third-order valence-corrected chi connectivity index (χ3v) is 2.35. The van der Waals surface area contributed by atoms with E-state index in [9.17, 15) is 0 Å². The van der Waals surface area contributed by atoms with Gasteiger partial charge in [-0.1, -0.05) is 12.1 Å². The van der Waals surface area contributed by atoms with Crippen LogP contribution in [0.25, 0.3) is 11.1 Å². The van der Waals surface area contributed by atoms with E-state index in [4.69, 9.17) is 8.83 Å². The van der Waals surface area contributed by atoms with Crippen molar-refractivity contribution in [3.05, 3.63) is 42.1 Å². The molecule has 3 rings (SSSR count). The molecule has 0 saturated heterocycles. The van der Waals surface area contributed by atoms with Gasteiger partial charge < -0.3 is 14.2 Å². The number of nitrogens with one attached hydrogen (secondary N) is 1. The van der Waals surface area contributed by atoms with E-state index < -0.39 is 0 Å². The minimum absolute atomic E-state index is 0.459. The maximum Gasteiger partial charge on any atom is 0.296 e. The summed E-state index contributed by atoms with van der Waals surface area (Å²) < 4.78 is 10.8. The molecule has 0 saturated carbocycles. The molecule has 3 aromatic rings. The van der Waals surface area contributed by atoms with E-state index in [1.165, 1.54) is 0 Å². The average Bonchev–Trinajstić information content (AvgIpc) is 2.91. The standard InChI is InChI=1S/C12H11N3O2/c1-8-6-13-11(16-8)7-14-12-15-9-4-2-3-5-10(9)17-12/h2-6H,7H2,1H3,(H,14,15). The van der Waals surface area contributed by atoms with Crippen LogP contribution in [0.5, 0.6) is 0 Å². The fraction of sp³-hybridized carbons (Fsp3) is 0.167. The SMILES string of the molecule is Cc1cnc(CNc2nc3ccccc3o2)o1. The quantitative estimate of drug-likeness (QED) is 0.748. The fourth-order valence-corrected chi connectivity index (χ4v) is 1.58. The van der Waals surface area contributed by atoms with Crippen molar-refractivity contribution in [2.24, 2.45) is 0 Å². The van der Waals surface area contributed by atoms with Gasteiger partial charge in [0.05, 0.1) is 12.7 Å². The number of fused-ring (bicyclic) bond motifs is 1. The third-order valence-electron chi connectivity index (χ3n) is 2.35. The molecule has 0 spiro atoms. The molecule has 0 aliphatic heterocycles. The predicted octanol–water partition coefficient (Wildman–Crippen LogP) is 2.74. The Kier molecular flexibility index (Phi) is 2.29. The van der Waals surface area contributed by atoms with Crippen molar-refractivity contribution in [3.8, 4) is 0 Å². The first-order valence-electron chi connectivity index (χ1n) is 5.32. The van der Waals surface area contributed by atoms with Crippen molar-refractivity contribution >= 4 is 17.1 Å². The van der Waals surface area contributed by atoms with Crippen LogP contribution in [0.4, 0.5) is 6.01 Å². The minimum atomic E-state index is 0.459. The lowest BCUT2D eigenvalue weighted by Gasteiger charge is -1.95. The molecule has 0 aliphatic rings. The molecule has 0 atom stereocenters. The molecule has 0 amide bonds. The van der Waals surface area contributed by atoms with Crippen LogP contribution in [0.3, 0.4) is 0 Å². The number of benzene rings is 1. The first kappa shape index (κ1) is 9.89. The van der Waals surface area contributed by atoms with Crippen molar-refractivity contribution in [1.29, 1.82) is 0 Å². The Morgan fingerprint density at radius 3 is 2.88 bits per heavy atom. The van der Waals surface area contributed by atoms with Gasteiger partial charge in [-0.25, -0.2) is 4.98 Å². The summed E-state index contributed by atoms with van der Waals surface area (Å²) in [7, 11) is 0. The number of aromatic nitrogens is 2. The van der Waals surface area contributed by atoms with Crippen molar-refractivity contribution in [1.82, 2.24) is 9.97 Å². The molecule has 5 nitrogen and oxygen atoms in total. The number of aryl methyl sites for hydroxylation is 1. The minimum Gasteiger partial charge on any atom is -0.444 e. The second-order valence-corrected chi connectivity index (χ2v) is 3.70. The number of oxazole rings is 2. The molecular weight excluding hydrogens is 218 g/mol. The molecule has 17 heavy (non-hydrogen) atoms. The molecule has 5 heteroatoms. The Bertz CT molecular complexity index is 609. The Morgan fingerprint density at radius 2 is 2.12 bits per heavy atom. The van der Waals surface area contributed by atoms with Crippen LogP contribution in [-0.4, -0.2) is 9.97 Å². The fourth-order valence-electron chi connectivity index (χ4n) is 1.58. The van der Waals surface area contributed by atoms with Gasteiger partial charge in [-0.3, -0.25) is 0 Å². The Balaban J connectivity index is 1.76. The van der Waals surface area contributed by atoms with Gasteiger partial charge in [0, 0.05) is 0 Å². The molecule has 0 radical (unpaired) electrons. The third kappa shape index (κ3) is 1.99. The molecule has 0 aliphatic carbocycles. The summed E-state index contributed by atoms with van der Waals surface area (Å²) in [5.74, 6) is 1.41. The van der Waals surface area contributed by atoms with Crippen LogP contribution in [0, 0.1) is 6.92 Å². The zero-order valence-corrected chi connectivity index (χ0v) is 9.30. The summed E-state index contributed by atoms with van der Waals surface area (Å²) in [6.07, 6.45) is 1.68. The highest BCUT2D eigenvalue weighted by Gasteiger charge is 2.06. The zero-order chi connectivity index (χ0) is 11.7. The maximum absolute atomic E-state index is 5.50. The van der Waals surface area contributed by atoms with E-state index in [1.54, 1.807) is 6.20 Å². The normalized spacial score (nSPS) is 10.9. The Labute approximate surface area is 97.5 Å². The average molecular weight is 229 g/mol. The lowest BCUT2D eigenvalue weighted by Crippen LogP contribution is -1.99. The number of hydrogen-bond donors (Lipinski definition) is 1. The first-order chi connectivity index (χ1) is 8.31. The lowest BCUT2D eigenvalue weighted by molar-refractivity contribution is 0.475.